The van der Waals surface area contributed by atoms with Gasteiger partial charge < -0.3 is 15.0 Å². The summed E-state index contributed by atoms with van der Waals surface area (Å²) in [7, 11) is -3.90. The number of anilines is 1. The SMILES string of the molecule is O=C([O-])c1cccc(S(=O)(=O)Nc2ccc(O)cc2)c1. The molecule has 0 spiro atoms. The molecule has 7 heteroatoms. The molecular weight excluding hydrogens is 282 g/mol. The molecule has 0 fully saturated rings. The van der Waals surface area contributed by atoms with Crippen molar-refractivity contribution < 1.29 is 23.4 Å². The summed E-state index contributed by atoms with van der Waals surface area (Å²) in [5.74, 6) is -1.45. The number of phenolic OH excluding ortho intramolecular Hbond substituents is 1. The zero-order valence-electron chi connectivity index (χ0n) is 10.1. The van der Waals surface area contributed by atoms with Crippen LogP contribution in [0, 0.1) is 0 Å². The minimum atomic E-state index is -3.90. The maximum atomic E-state index is 12.1. The fraction of sp³-hybridized carbons (Fsp3) is 0. The number of carboxylic acids is 1. The number of aromatic carboxylic acids is 1. The van der Waals surface area contributed by atoms with E-state index < -0.39 is 16.0 Å². The van der Waals surface area contributed by atoms with Crippen molar-refractivity contribution in [3.05, 3.63) is 54.1 Å². The lowest BCUT2D eigenvalue weighted by Gasteiger charge is -2.10. The molecule has 0 aliphatic rings. The molecule has 2 aromatic rings. The van der Waals surface area contributed by atoms with E-state index in [1.807, 2.05) is 0 Å². The van der Waals surface area contributed by atoms with Crippen LogP contribution in [-0.4, -0.2) is 19.5 Å². The number of carboxylic acid groups (broad SMARTS) is 1. The van der Waals surface area contributed by atoms with Crippen LogP contribution in [0.1, 0.15) is 10.4 Å². The van der Waals surface area contributed by atoms with Crippen LogP contribution in [0.25, 0.3) is 0 Å². The van der Waals surface area contributed by atoms with Gasteiger partial charge in [-0.05, 0) is 42.0 Å². The Morgan fingerprint density at radius 2 is 1.75 bits per heavy atom. The molecule has 20 heavy (non-hydrogen) atoms. The van der Waals surface area contributed by atoms with Crippen LogP contribution in [0.5, 0.6) is 5.75 Å². The Kier molecular flexibility index (Phi) is 3.62. The quantitative estimate of drug-likeness (QED) is 0.801. The molecule has 0 amide bonds. The van der Waals surface area contributed by atoms with Gasteiger partial charge in [-0.25, -0.2) is 8.42 Å². The minimum absolute atomic E-state index is 0.00639. The van der Waals surface area contributed by atoms with Crippen molar-refractivity contribution in [3.63, 3.8) is 0 Å². The summed E-state index contributed by atoms with van der Waals surface area (Å²) >= 11 is 0. The summed E-state index contributed by atoms with van der Waals surface area (Å²) in [5, 5.41) is 19.8. The fourth-order valence-electron chi connectivity index (χ4n) is 1.53. The molecule has 2 aromatic carbocycles. The second-order valence-electron chi connectivity index (χ2n) is 3.97. The summed E-state index contributed by atoms with van der Waals surface area (Å²) in [4.78, 5) is 10.5. The van der Waals surface area contributed by atoms with Crippen molar-refractivity contribution in [3.8, 4) is 5.75 Å². The first kappa shape index (κ1) is 13.9. The van der Waals surface area contributed by atoms with E-state index in [4.69, 9.17) is 5.11 Å². The van der Waals surface area contributed by atoms with Crippen LogP contribution >= 0.6 is 0 Å². The number of hydrogen-bond acceptors (Lipinski definition) is 5. The predicted octanol–water partition coefficient (Wildman–Crippen LogP) is 0.556. The highest BCUT2D eigenvalue weighted by atomic mass is 32.2. The molecule has 0 heterocycles. The molecule has 0 unspecified atom stereocenters. The predicted molar refractivity (Wildman–Crippen MR) is 69.7 cm³/mol. The molecule has 0 aromatic heterocycles. The maximum Gasteiger partial charge on any atom is 0.261 e. The van der Waals surface area contributed by atoms with E-state index >= 15 is 0 Å². The zero-order valence-corrected chi connectivity index (χ0v) is 10.9. The number of phenols is 1. The highest BCUT2D eigenvalue weighted by Crippen LogP contribution is 2.19. The maximum absolute atomic E-state index is 12.1. The Balaban J connectivity index is 2.33. The van der Waals surface area contributed by atoms with Gasteiger partial charge in [0.25, 0.3) is 10.0 Å². The molecule has 0 bridgehead atoms. The summed E-state index contributed by atoms with van der Waals surface area (Å²) in [6.45, 7) is 0. The second kappa shape index (κ2) is 5.22. The Morgan fingerprint density at radius 3 is 2.35 bits per heavy atom. The Morgan fingerprint density at radius 1 is 1.10 bits per heavy atom. The zero-order chi connectivity index (χ0) is 14.8. The number of rotatable bonds is 4. The van der Waals surface area contributed by atoms with Gasteiger partial charge in [-0.3, -0.25) is 4.72 Å². The summed E-state index contributed by atoms with van der Waals surface area (Å²) in [5.41, 5.74) is 0.0280. The van der Waals surface area contributed by atoms with Crippen molar-refractivity contribution in [1.29, 1.82) is 0 Å². The van der Waals surface area contributed by atoms with Crippen LogP contribution in [0.4, 0.5) is 5.69 Å². The topological polar surface area (TPSA) is 107 Å². The first-order chi connectivity index (χ1) is 9.38. The highest BCUT2D eigenvalue weighted by molar-refractivity contribution is 7.92. The molecule has 2 N–H and O–H groups in total. The van der Waals surface area contributed by atoms with Gasteiger partial charge in [-0.1, -0.05) is 12.1 Å². The summed E-state index contributed by atoms with van der Waals surface area (Å²) < 4.78 is 26.4. The van der Waals surface area contributed by atoms with Gasteiger partial charge >= 0.3 is 0 Å². The van der Waals surface area contributed by atoms with Crippen molar-refractivity contribution in [2.75, 3.05) is 4.72 Å². The molecule has 6 nitrogen and oxygen atoms in total. The molecule has 0 aliphatic heterocycles. The Labute approximate surface area is 115 Å². The Bertz CT molecular complexity index is 738. The number of carbonyl (C=O) groups is 1. The van der Waals surface area contributed by atoms with Crippen molar-refractivity contribution in [2.45, 2.75) is 4.90 Å². The lowest BCUT2D eigenvalue weighted by atomic mass is 10.2. The number of hydrogen-bond donors (Lipinski definition) is 2. The number of carbonyl (C=O) groups excluding carboxylic acids is 1. The average Bonchev–Trinajstić information content (AvgIpc) is 2.41. The number of aromatic hydroxyl groups is 1. The molecule has 104 valence electrons. The van der Waals surface area contributed by atoms with E-state index in [0.29, 0.717) is 0 Å². The van der Waals surface area contributed by atoms with Crippen molar-refractivity contribution in [2.24, 2.45) is 0 Å². The van der Waals surface area contributed by atoms with E-state index in [1.54, 1.807) is 0 Å². The number of sulfonamides is 1. The third-order valence-corrected chi connectivity index (χ3v) is 3.88. The standard InChI is InChI=1S/C13H11NO5S/c15-11-6-4-10(5-7-11)14-20(18,19)12-3-1-2-9(8-12)13(16)17/h1-8,14-15H,(H,16,17)/p-1. The lowest BCUT2D eigenvalue weighted by Crippen LogP contribution is -2.23. The first-order valence-electron chi connectivity index (χ1n) is 5.52. The van der Waals surface area contributed by atoms with Crippen LogP contribution < -0.4 is 9.83 Å². The molecule has 0 radical (unpaired) electrons. The van der Waals surface area contributed by atoms with Crippen LogP contribution in [0.2, 0.25) is 0 Å². The second-order valence-corrected chi connectivity index (χ2v) is 5.65. The van der Waals surface area contributed by atoms with Gasteiger partial charge in [0, 0.05) is 5.69 Å². The molecule has 0 saturated heterocycles. The Hall–Kier alpha value is -2.54. The van der Waals surface area contributed by atoms with Gasteiger partial charge in [0.2, 0.25) is 0 Å². The van der Waals surface area contributed by atoms with Gasteiger partial charge in [-0.15, -0.1) is 0 Å². The highest BCUT2D eigenvalue weighted by Gasteiger charge is 2.14. The van der Waals surface area contributed by atoms with Crippen molar-refractivity contribution >= 4 is 21.7 Å². The smallest absolute Gasteiger partial charge is 0.261 e. The first-order valence-corrected chi connectivity index (χ1v) is 7.00. The summed E-state index contributed by atoms with van der Waals surface area (Å²) in [6.07, 6.45) is 0. The molecule has 0 saturated carbocycles. The molecule has 0 aliphatic carbocycles. The number of benzene rings is 2. The monoisotopic (exact) mass is 292 g/mol. The average molecular weight is 292 g/mol. The normalized spacial score (nSPS) is 11.0. The van der Waals surface area contributed by atoms with E-state index in [9.17, 15) is 18.3 Å². The van der Waals surface area contributed by atoms with E-state index in [2.05, 4.69) is 4.72 Å². The molecule has 0 atom stereocenters. The van der Waals surface area contributed by atoms with Crippen LogP contribution in [-0.2, 0) is 10.0 Å². The lowest BCUT2D eigenvalue weighted by molar-refractivity contribution is -0.255. The largest absolute Gasteiger partial charge is 0.545 e. The molecular formula is C13H10NO5S-. The number of nitrogens with one attached hydrogen (secondary N) is 1. The summed E-state index contributed by atoms with van der Waals surface area (Å²) in [6, 6.07) is 10.3. The third kappa shape index (κ3) is 3.07. The van der Waals surface area contributed by atoms with E-state index in [0.717, 1.165) is 6.07 Å². The fourth-order valence-corrected chi connectivity index (χ4v) is 2.64. The van der Waals surface area contributed by atoms with E-state index in [1.165, 1.54) is 42.5 Å². The van der Waals surface area contributed by atoms with Gasteiger partial charge in [-0.2, -0.15) is 0 Å². The van der Waals surface area contributed by atoms with Crippen molar-refractivity contribution in [1.82, 2.24) is 0 Å². The van der Waals surface area contributed by atoms with E-state index in [-0.39, 0.29) is 21.9 Å². The van der Waals surface area contributed by atoms with Gasteiger partial charge in [0.05, 0.1) is 10.9 Å². The van der Waals surface area contributed by atoms with Gasteiger partial charge in [0.1, 0.15) is 5.75 Å². The van der Waals surface area contributed by atoms with Crippen LogP contribution in [0.3, 0.4) is 0 Å². The minimum Gasteiger partial charge on any atom is -0.545 e. The third-order valence-electron chi connectivity index (χ3n) is 2.50. The van der Waals surface area contributed by atoms with Crippen LogP contribution in [0.15, 0.2) is 53.4 Å². The molecule has 2 rings (SSSR count). The van der Waals surface area contributed by atoms with Gasteiger partial charge in [0.15, 0.2) is 0 Å².